The Balaban J connectivity index is 1.87. The maximum atomic E-state index is 13.3. The number of carbonyl (C=O) groups is 4. The standard InChI is InChI=1S/C24H27N3O5/c1-16(19-12-8-5-9-13-19)26-23(31)27-20(28)15-24(27,14-18-10-6-4-7-11-18)22(30)25-17(2)21(29)32-3/h4-13,16-17H,14-15H2,1-3H3,(H,25,30)(H,26,31)/t16-,17+,24+/m1/s1. The third-order valence-electron chi connectivity index (χ3n) is 5.63. The van der Waals surface area contributed by atoms with E-state index in [1.54, 1.807) is 6.92 Å². The molecule has 0 aliphatic carbocycles. The van der Waals surface area contributed by atoms with Gasteiger partial charge in [-0.3, -0.25) is 9.59 Å². The number of likely N-dealkylation sites (tertiary alicyclic amines) is 1. The molecule has 1 heterocycles. The summed E-state index contributed by atoms with van der Waals surface area (Å²) in [6.07, 6.45) is -0.0127. The third kappa shape index (κ3) is 4.64. The van der Waals surface area contributed by atoms with Crippen LogP contribution < -0.4 is 10.6 Å². The molecule has 32 heavy (non-hydrogen) atoms. The van der Waals surface area contributed by atoms with Crippen molar-refractivity contribution in [2.45, 2.75) is 44.3 Å². The third-order valence-corrected chi connectivity index (χ3v) is 5.63. The van der Waals surface area contributed by atoms with Gasteiger partial charge in [0.05, 0.1) is 19.6 Å². The molecular weight excluding hydrogens is 410 g/mol. The Morgan fingerprint density at radius 3 is 2.16 bits per heavy atom. The molecular formula is C24H27N3O5. The van der Waals surface area contributed by atoms with Gasteiger partial charge in [-0.25, -0.2) is 14.5 Å². The number of esters is 1. The normalized spacial score (nSPS) is 19.3. The topological polar surface area (TPSA) is 105 Å². The number of amides is 4. The molecule has 8 nitrogen and oxygen atoms in total. The lowest BCUT2D eigenvalue weighted by Gasteiger charge is -2.49. The molecule has 0 bridgehead atoms. The fourth-order valence-corrected chi connectivity index (χ4v) is 3.84. The van der Waals surface area contributed by atoms with Crippen LogP contribution in [0.25, 0.3) is 0 Å². The van der Waals surface area contributed by atoms with Crippen molar-refractivity contribution in [3.05, 3.63) is 71.8 Å². The van der Waals surface area contributed by atoms with Crippen molar-refractivity contribution in [1.82, 2.24) is 15.5 Å². The number of urea groups is 1. The van der Waals surface area contributed by atoms with Gasteiger partial charge in [-0.05, 0) is 25.0 Å². The first-order chi connectivity index (χ1) is 15.3. The summed E-state index contributed by atoms with van der Waals surface area (Å²) in [6, 6.07) is 16.5. The summed E-state index contributed by atoms with van der Waals surface area (Å²) in [7, 11) is 1.22. The molecule has 168 valence electrons. The second-order valence-electron chi connectivity index (χ2n) is 7.90. The molecule has 0 unspecified atom stereocenters. The zero-order valence-electron chi connectivity index (χ0n) is 18.3. The number of imide groups is 1. The van der Waals surface area contributed by atoms with E-state index in [9.17, 15) is 19.2 Å². The van der Waals surface area contributed by atoms with Crippen molar-refractivity contribution in [1.29, 1.82) is 0 Å². The smallest absolute Gasteiger partial charge is 0.328 e. The number of methoxy groups -OCH3 is 1. The van der Waals surface area contributed by atoms with E-state index < -0.39 is 35.4 Å². The van der Waals surface area contributed by atoms with Crippen molar-refractivity contribution in [2.24, 2.45) is 0 Å². The summed E-state index contributed by atoms with van der Waals surface area (Å²) in [5.74, 6) is -1.66. The molecule has 0 aromatic heterocycles. The van der Waals surface area contributed by atoms with Crippen molar-refractivity contribution >= 4 is 23.8 Å². The van der Waals surface area contributed by atoms with Gasteiger partial charge >= 0.3 is 12.0 Å². The molecule has 3 atom stereocenters. The molecule has 2 aromatic rings. The lowest BCUT2D eigenvalue weighted by atomic mass is 9.77. The molecule has 1 fully saturated rings. The summed E-state index contributed by atoms with van der Waals surface area (Å²) >= 11 is 0. The second-order valence-corrected chi connectivity index (χ2v) is 7.90. The van der Waals surface area contributed by atoms with Crippen LogP contribution >= 0.6 is 0 Å². The Kier molecular flexibility index (Phi) is 6.92. The minimum Gasteiger partial charge on any atom is -0.467 e. The number of hydrogen-bond acceptors (Lipinski definition) is 5. The van der Waals surface area contributed by atoms with Crippen LogP contribution in [-0.2, 0) is 25.5 Å². The van der Waals surface area contributed by atoms with Gasteiger partial charge in [0.25, 0.3) is 0 Å². The summed E-state index contributed by atoms with van der Waals surface area (Å²) in [4.78, 5) is 51.8. The van der Waals surface area contributed by atoms with Crippen LogP contribution in [-0.4, -0.2) is 47.4 Å². The van der Waals surface area contributed by atoms with E-state index in [1.165, 1.54) is 14.0 Å². The molecule has 3 rings (SSSR count). The first kappa shape index (κ1) is 23.0. The van der Waals surface area contributed by atoms with Crippen molar-refractivity contribution in [3.8, 4) is 0 Å². The first-order valence-corrected chi connectivity index (χ1v) is 10.4. The highest BCUT2D eigenvalue weighted by atomic mass is 16.5. The summed E-state index contributed by atoms with van der Waals surface area (Å²) in [5, 5.41) is 5.40. The van der Waals surface area contributed by atoms with Crippen LogP contribution in [0.5, 0.6) is 0 Å². The maximum Gasteiger partial charge on any atom is 0.328 e. The van der Waals surface area contributed by atoms with Gasteiger partial charge in [0.2, 0.25) is 11.8 Å². The number of benzene rings is 2. The molecule has 1 saturated heterocycles. The van der Waals surface area contributed by atoms with E-state index in [-0.39, 0.29) is 18.9 Å². The van der Waals surface area contributed by atoms with E-state index in [4.69, 9.17) is 0 Å². The predicted molar refractivity (Wildman–Crippen MR) is 117 cm³/mol. The van der Waals surface area contributed by atoms with Crippen LogP contribution in [0.1, 0.15) is 37.4 Å². The minimum absolute atomic E-state index is 0.131. The average Bonchev–Trinajstić information content (AvgIpc) is 2.78. The number of β-lactam (4-membered cyclic amide) rings is 1. The molecule has 4 amide bonds. The van der Waals surface area contributed by atoms with Gasteiger partial charge in [0.15, 0.2) is 0 Å². The molecule has 8 heteroatoms. The first-order valence-electron chi connectivity index (χ1n) is 10.4. The lowest BCUT2D eigenvalue weighted by Crippen LogP contribution is -2.75. The monoisotopic (exact) mass is 437 g/mol. The summed E-state index contributed by atoms with van der Waals surface area (Å²) < 4.78 is 4.68. The van der Waals surface area contributed by atoms with Crippen LogP contribution in [0.15, 0.2) is 60.7 Å². The largest absolute Gasteiger partial charge is 0.467 e. The molecule has 0 saturated carbocycles. The van der Waals surface area contributed by atoms with Gasteiger partial charge in [0.1, 0.15) is 11.6 Å². The van der Waals surface area contributed by atoms with Crippen LogP contribution in [0.4, 0.5) is 4.79 Å². The fourth-order valence-electron chi connectivity index (χ4n) is 3.84. The zero-order valence-corrected chi connectivity index (χ0v) is 18.3. The van der Waals surface area contributed by atoms with Crippen LogP contribution in [0.3, 0.4) is 0 Å². The molecule has 1 aliphatic rings. The van der Waals surface area contributed by atoms with Gasteiger partial charge in [-0.1, -0.05) is 60.7 Å². The Morgan fingerprint density at radius 1 is 1.00 bits per heavy atom. The lowest BCUT2D eigenvalue weighted by molar-refractivity contribution is -0.161. The minimum atomic E-state index is -1.44. The summed E-state index contributed by atoms with van der Waals surface area (Å²) in [5.41, 5.74) is 0.210. The van der Waals surface area contributed by atoms with E-state index in [1.807, 2.05) is 60.7 Å². The highest BCUT2D eigenvalue weighted by Gasteiger charge is 2.59. The van der Waals surface area contributed by atoms with E-state index in [2.05, 4.69) is 15.4 Å². The van der Waals surface area contributed by atoms with Gasteiger partial charge in [0, 0.05) is 6.42 Å². The average molecular weight is 437 g/mol. The Labute approximate surface area is 186 Å². The molecule has 2 aromatic carbocycles. The van der Waals surface area contributed by atoms with Gasteiger partial charge in [-0.2, -0.15) is 0 Å². The Hall–Kier alpha value is -3.68. The molecule has 0 radical (unpaired) electrons. The Morgan fingerprint density at radius 2 is 1.59 bits per heavy atom. The van der Waals surface area contributed by atoms with Crippen LogP contribution in [0, 0.1) is 0 Å². The number of nitrogens with one attached hydrogen (secondary N) is 2. The highest BCUT2D eigenvalue weighted by Crippen LogP contribution is 2.36. The number of ether oxygens (including phenoxy) is 1. The maximum absolute atomic E-state index is 13.3. The number of hydrogen-bond donors (Lipinski definition) is 2. The zero-order chi connectivity index (χ0) is 23.3. The predicted octanol–water partition coefficient (Wildman–Crippen LogP) is 2.35. The van der Waals surface area contributed by atoms with Crippen LogP contribution in [0.2, 0.25) is 0 Å². The molecule has 0 spiro atoms. The SMILES string of the molecule is COC(=O)[C@H](C)NC(=O)[C@]1(Cc2ccccc2)CC(=O)N1C(=O)N[C@H](C)c1ccccc1. The number of nitrogens with zero attached hydrogens (tertiary/aromatic N) is 1. The molecule has 2 N–H and O–H groups in total. The van der Waals surface area contributed by atoms with E-state index >= 15 is 0 Å². The fraction of sp³-hybridized carbons (Fsp3) is 0.333. The van der Waals surface area contributed by atoms with E-state index in [0.29, 0.717) is 0 Å². The summed E-state index contributed by atoms with van der Waals surface area (Å²) in [6.45, 7) is 3.29. The van der Waals surface area contributed by atoms with E-state index in [0.717, 1.165) is 16.0 Å². The second kappa shape index (κ2) is 9.64. The quantitative estimate of drug-likeness (QED) is 0.511. The van der Waals surface area contributed by atoms with Gasteiger partial charge in [-0.15, -0.1) is 0 Å². The Bertz CT molecular complexity index is 995. The van der Waals surface area contributed by atoms with Crippen molar-refractivity contribution in [2.75, 3.05) is 7.11 Å². The number of rotatable bonds is 7. The highest BCUT2D eigenvalue weighted by molar-refractivity contribution is 6.11. The van der Waals surface area contributed by atoms with Gasteiger partial charge < -0.3 is 15.4 Å². The number of carbonyl (C=O) groups excluding carboxylic acids is 4. The van der Waals surface area contributed by atoms with Crippen molar-refractivity contribution < 1.29 is 23.9 Å². The van der Waals surface area contributed by atoms with Crippen molar-refractivity contribution in [3.63, 3.8) is 0 Å². The molecule has 1 aliphatic heterocycles.